The normalized spacial score (nSPS) is 17.1. The molecule has 2 N–H and O–H groups in total. The Bertz CT molecular complexity index is 566. The number of rotatable bonds is 4. The van der Waals surface area contributed by atoms with E-state index in [1.165, 1.54) is 0 Å². The summed E-state index contributed by atoms with van der Waals surface area (Å²) in [6.07, 6.45) is 1.77. The average molecular weight is 386 g/mol. The minimum atomic E-state index is 0.130. The van der Waals surface area contributed by atoms with Crippen LogP contribution in [-0.2, 0) is 4.74 Å². The summed E-state index contributed by atoms with van der Waals surface area (Å²) in [6, 6.07) is 6.09. The van der Waals surface area contributed by atoms with E-state index in [0.717, 1.165) is 34.3 Å². The largest absolute Gasteiger partial charge is 0.493 e. The molecule has 1 aromatic rings. The number of ether oxygens (including phenoxy) is 2. The highest BCUT2D eigenvalue weighted by Crippen LogP contribution is 2.27. The molecule has 0 aromatic heterocycles. The van der Waals surface area contributed by atoms with Gasteiger partial charge in [-0.2, -0.15) is 5.10 Å². The Hall–Kier alpha value is -1.18. The van der Waals surface area contributed by atoms with Crippen LogP contribution in [0.2, 0.25) is 0 Å². The van der Waals surface area contributed by atoms with Gasteiger partial charge in [-0.05, 0) is 50.2 Å². The minimum absolute atomic E-state index is 0.130. The highest BCUT2D eigenvalue weighted by Gasteiger charge is 2.15. The molecule has 0 aliphatic carbocycles. The number of thiocarbonyl (C=S) groups is 1. The van der Waals surface area contributed by atoms with Gasteiger partial charge in [0.1, 0.15) is 5.75 Å². The molecule has 0 fully saturated rings. The van der Waals surface area contributed by atoms with Gasteiger partial charge in [0, 0.05) is 23.2 Å². The van der Waals surface area contributed by atoms with E-state index in [9.17, 15) is 0 Å². The number of benzene rings is 1. The van der Waals surface area contributed by atoms with Gasteiger partial charge in [0.25, 0.3) is 0 Å². The lowest BCUT2D eigenvalue weighted by Crippen LogP contribution is -2.40. The maximum atomic E-state index is 5.76. The Morgan fingerprint density at radius 3 is 3.14 bits per heavy atom. The van der Waals surface area contributed by atoms with Crippen molar-refractivity contribution in [2.24, 2.45) is 5.10 Å². The zero-order chi connectivity index (χ0) is 15.9. The van der Waals surface area contributed by atoms with Crippen molar-refractivity contribution in [1.29, 1.82) is 0 Å². The van der Waals surface area contributed by atoms with Crippen LogP contribution in [-0.4, -0.2) is 37.2 Å². The second kappa shape index (κ2) is 8.45. The number of methoxy groups -OCH3 is 1. The van der Waals surface area contributed by atoms with Gasteiger partial charge in [-0.25, -0.2) is 0 Å². The fourth-order valence-corrected chi connectivity index (χ4v) is 2.78. The molecule has 0 saturated heterocycles. The van der Waals surface area contributed by atoms with Gasteiger partial charge in [0.15, 0.2) is 5.11 Å². The van der Waals surface area contributed by atoms with E-state index in [1.54, 1.807) is 7.11 Å². The summed E-state index contributed by atoms with van der Waals surface area (Å²) < 4.78 is 11.8. The first-order valence-electron chi connectivity index (χ1n) is 7.15. The van der Waals surface area contributed by atoms with E-state index in [0.29, 0.717) is 18.3 Å². The zero-order valence-electron chi connectivity index (χ0n) is 12.7. The van der Waals surface area contributed by atoms with Crippen LogP contribution in [0, 0.1) is 0 Å². The van der Waals surface area contributed by atoms with Gasteiger partial charge in [-0.15, -0.1) is 0 Å². The summed E-state index contributed by atoms with van der Waals surface area (Å²) >= 11 is 8.70. The molecule has 5 nitrogen and oxygen atoms in total. The summed E-state index contributed by atoms with van der Waals surface area (Å²) in [5.74, 6) is 0.846. The lowest BCUT2D eigenvalue weighted by molar-refractivity contribution is 0.179. The third-order valence-corrected chi connectivity index (χ3v) is 3.86. The third kappa shape index (κ3) is 4.93. The fourth-order valence-electron chi connectivity index (χ4n) is 2.19. The van der Waals surface area contributed by atoms with Gasteiger partial charge in [-0.1, -0.05) is 15.9 Å². The summed E-state index contributed by atoms with van der Waals surface area (Å²) in [6.45, 7) is 3.27. The van der Waals surface area contributed by atoms with E-state index < -0.39 is 0 Å². The van der Waals surface area contributed by atoms with E-state index in [-0.39, 0.29) is 6.04 Å². The molecule has 1 aliphatic rings. The molecular weight excluding hydrogens is 366 g/mol. The van der Waals surface area contributed by atoms with Crippen LogP contribution in [0.25, 0.3) is 0 Å². The first-order chi connectivity index (χ1) is 10.6. The SMILES string of the molecule is COCC(C)NC(=S)NN=C1CCCOc2cc(Br)ccc21. The van der Waals surface area contributed by atoms with E-state index >= 15 is 0 Å². The molecule has 0 saturated carbocycles. The molecule has 1 unspecified atom stereocenters. The lowest BCUT2D eigenvalue weighted by atomic mass is 10.1. The van der Waals surface area contributed by atoms with Gasteiger partial charge in [-0.3, -0.25) is 5.43 Å². The Labute approximate surface area is 144 Å². The van der Waals surface area contributed by atoms with Crippen LogP contribution >= 0.6 is 28.1 Å². The number of fused-ring (bicyclic) bond motifs is 1. The van der Waals surface area contributed by atoms with Crippen LogP contribution in [0.3, 0.4) is 0 Å². The van der Waals surface area contributed by atoms with Gasteiger partial charge >= 0.3 is 0 Å². The quantitative estimate of drug-likeness (QED) is 0.616. The van der Waals surface area contributed by atoms with Crippen molar-refractivity contribution in [3.8, 4) is 5.75 Å². The fraction of sp³-hybridized carbons (Fsp3) is 0.467. The third-order valence-electron chi connectivity index (χ3n) is 3.16. The Morgan fingerprint density at radius 1 is 1.55 bits per heavy atom. The first-order valence-corrected chi connectivity index (χ1v) is 8.35. The van der Waals surface area contributed by atoms with Crippen molar-refractivity contribution >= 4 is 39.0 Å². The molecule has 0 bridgehead atoms. The molecule has 120 valence electrons. The van der Waals surface area contributed by atoms with Crippen LogP contribution in [0.15, 0.2) is 27.8 Å². The highest BCUT2D eigenvalue weighted by molar-refractivity contribution is 9.10. The van der Waals surface area contributed by atoms with E-state index in [2.05, 4.69) is 31.8 Å². The second-order valence-corrected chi connectivity index (χ2v) is 6.42. The molecular formula is C15H20BrN3O2S. The van der Waals surface area contributed by atoms with Crippen LogP contribution in [0.1, 0.15) is 25.3 Å². The molecule has 0 amide bonds. The molecule has 1 atom stereocenters. The molecule has 1 aliphatic heterocycles. The minimum Gasteiger partial charge on any atom is -0.493 e. The number of nitrogens with zero attached hydrogens (tertiary/aromatic N) is 1. The average Bonchev–Trinajstić information content (AvgIpc) is 2.67. The summed E-state index contributed by atoms with van der Waals surface area (Å²) in [7, 11) is 1.66. The van der Waals surface area contributed by atoms with Crippen molar-refractivity contribution in [2.75, 3.05) is 20.3 Å². The Balaban J connectivity index is 2.06. The number of halogens is 1. The molecule has 7 heteroatoms. The van der Waals surface area contributed by atoms with Gasteiger partial charge in [0.05, 0.1) is 18.9 Å². The Kier molecular flexibility index (Phi) is 6.60. The summed E-state index contributed by atoms with van der Waals surface area (Å²) in [5.41, 5.74) is 4.86. The smallest absolute Gasteiger partial charge is 0.187 e. The number of nitrogens with one attached hydrogen (secondary N) is 2. The van der Waals surface area contributed by atoms with E-state index in [4.69, 9.17) is 21.7 Å². The van der Waals surface area contributed by atoms with Crippen molar-refractivity contribution in [2.45, 2.75) is 25.8 Å². The van der Waals surface area contributed by atoms with Gasteiger partial charge < -0.3 is 14.8 Å². The Morgan fingerprint density at radius 2 is 2.36 bits per heavy atom. The zero-order valence-corrected chi connectivity index (χ0v) is 15.1. The molecule has 2 rings (SSSR count). The van der Waals surface area contributed by atoms with Crippen molar-refractivity contribution < 1.29 is 9.47 Å². The van der Waals surface area contributed by atoms with Crippen LogP contribution in [0.5, 0.6) is 5.75 Å². The van der Waals surface area contributed by atoms with Crippen LogP contribution in [0.4, 0.5) is 0 Å². The maximum Gasteiger partial charge on any atom is 0.187 e. The highest BCUT2D eigenvalue weighted by atomic mass is 79.9. The van der Waals surface area contributed by atoms with E-state index in [1.807, 2.05) is 25.1 Å². The van der Waals surface area contributed by atoms with Crippen molar-refractivity contribution in [3.05, 3.63) is 28.2 Å². The predicted molar refractivity (Wildman–Crippen MR) is 95.6 cm³/mol. The van der Waals surface area contributed by atoms with Crippen LogP contribution < -0.4 is 15.5 Å². The second-order valence-electron chi connectivity index (χ2n) is 5.09. The predicted octanol–water partition coefficient (Wildman–Crippen LogP) is 2.82. The van der Waals surface area contributed by atoms with Gasteiger partial charge in [0.2, 0.25) is 0 Å². The molecule has 1 aromatic carbocycles. The first kappa shape index (κ1) is 17.2. The topological polar surface area (TPSA) is 54.9 Å². The number of hydrogen-bond donors (Lipinski definition) is 2. The van der Waals surface area contributed by atoms with Crippen molar-refractivity contribution in [1.82, 2.24) is 10.7 Å². The number of hydrazone groups is 1. The molecule has 1 heterocycles. The maximum absolute atomic E-state index is 5.76. The molecule has 0 radical (unpaired) electrons. The molecule has 0 spiro atoms. The van der Waals surface area contributed by atoms with Crippen molar-refractivity contribution in [3.63, 3.8) is 0 Å². The molecule has 22 heavy (non-hydrogen) atoms. The standard InChI is InChI=1S/C15H20BrN3O2S/c1-10(9-20-2)17-15(22)19-18-13-4-3-7-21-14-8-11(16)5-6-12(13)14/h5-6,8,10H,3-4,7,9H2,1-2H3,(H2,17,19,22). The monoisotopic (exact) mass is 385 g/mol. The summed E-state index contributed by atoms with van der Waals surface area (Å²) in [4.78, 5) is 0. The lowest BCUT2D eigenvalue weighted by Gasteiger charge is -2.15. The number of hydrogen-bond acceptors (Lipinski definition) is 4. The summed E-state index contributed by atoms with van der Waals surface area (Å²) in [5, 5.41) is 8.06.